The van der Waals surface area contributed by atoms with Crippen molar-refractivity contribution >= 4 is 11.6 Å². The molecule has 0 radical (unpaired) electrons. The Kier molecular flexibility index (Phi) is 6.54. The van der Waals surface area contributed by atoms with Crippen LogP contribution in [0.1, 0.15) is 17.5 Å². The molecule has 144 valence electrons. The summed E-state index contributed by atoms with van der Waals surface area (Å²) >= 11 is 0. The van der Waals surface area contributed by atoms with E-state index in [2.05, 4.69) is 58.9 Å². The summed E-state index contributed by atoms with van der Waals surface area (Å²) < 4.78 is 11.4. The summed E-state index contributed by atoms with van der Waals surface area (Å²) in [6.45, 7) is 2.97. The number of benzene rings is 2. The number of nitrogens with one attached hydrogen (secondary N) is 2. The minimum atomic E-state index is 0.673. The van der Waals surface area contributed by atoms with Gasteiger partial charge in [-0.15, -0.1) is 0 Å². The molecule has 3 rings (SSSR count). The molecule has 2 aromatic carbocycles. The molecule has 6 nitrogen and oxygen atoms in total. The van der Waals surface area contributed by atoms with E-state index < -0.39 is 0 Å². The zero-order valence-corrected chi connectivity index (χ0v) is 16.3. The van der Waals surface area contributed by atoms with Crippen molar-refractivity contribution in [2.45, 2.75) is 19.5 Å². The van der Waals surface area contributed by atoms with E-state index in [1.54, 1.807) is 7.05 Å². The lowest BCUT2D eigenvalue weighted by Gasteiger charge is -2.17. The van der Waals surface area contributed by atoms with Gasteiger partial charge < -0.3 is 25.0 Å². The SMILES string of the molecule is CN=C(NCc1ccccc1CN(C)C)Nc1ccc2c(c1)OCCCO2. The van der Waals surface area contributed by atoms with Crippen molar-refractivity contribution < 1.29 is 9.47 Å². The van der Waals surface area contributed by atoms with Crippen molar-refractivity contribution in [3.8, 4) is 11.5 Å². The second kappa shape index (κ2) is 9.28. The van der Waals surface area contributed by atoms with Crippen molar-refractivity contribution in [1.82, 2.24) is 10.2 Å². The predicted molar refractivity (Wildman–Crippen MR) is 110 cm³/mol. The minimum absolute atomic E-state index is 0.673. The largest absolute Gasteiger partial charge is 0.490 e. The molecule has 0 bridgehead atoms. The average Bonchev–Trinajstić information content (AvgIpc) is 2.90. The zero-order valence-electron chi connectivity index (χ0n) is 16.3. The van der Waals surface area contributed by atoms with Gasteiger partial charge in [0.05, 0.1) is 13.2 Å². The molecular formula is C21H28N4O2. The number of hydrogen-bond acceptors (Lipinski definition) is 4. The second-order valence-corrected chi connectivity index (χ2v) is 6.77. The van der Waals surface area contributed by atoms with Gasteiger partial charge in [-0.2, -0.15) is 0 Å². The Morgan fingerprint density at radius 1 is 1.04 bits per heavy atom. The van der Waals surface area contributed by atoms with Crippen molar-refractivity contribution in [2.75, 3.05) is 39.7 Å². The highest BCUT2D eigenvalue weighted by Gasteiger charge is 2.11. The van der Waals surface area contributed by atoms with Crippen LogP contribution in [0.5, 0.6) is 11.5 Å². The van der Waals surface area contributed by atoms with Crippen LogP contribution < -0.4 is 20.1 Å². The van der Waals surface area contributed by atoms with E-state index in [1.165, 1.54) is 11.1 Å². The average molecular weight is 368 g/mol. The van der Waals surface area contributed by atoms with Crippen molar-refractivity contribution in [3.05, 3.63) is 53.6 Å². The molecule has 27 heavy (non-hydrogen) atoms. The summed E-state index contributed by atoms with van der Waals surface area (Å²) in [7, 11) is 5.92. The van der Waals surface area contributed by atoms with E-state index in [1.807, 2.05) is 18.2 Å². The maximum Gasteiger partial charge on any atom is 0.195 e. The zero-order chi connectivity index (χ0) is 19.1. The van der Waals surface area contributed by atoms with Crippen LogP contribution in [0.15, 0.2) is 47.5 Å². The van der Waals surface area contributed by atoms with Crippen LogP contribution in [0.25, 0.3) is 0 Å². The molecule has 0 unspecified atom stereocenters. The number of guanidine groups is 1. The lowest BCUT2D eigenvalue weighted by molar-refractivity contribution is 0.297. The van der Waals surface area contributed by atoms with Gasteiger partial charge in [-0.1, -0.05) is 24.3 Å². The third-order valence-corrected chi connectivity index (χ3v) is 4.29. The minimum Gasteiger partial charge on any atom is -0.490 e. The molecule has 0 aliphatic carbocycles. The van der Waals surface area contributed by atoms with E-state index in [0.717, 1.165) is 30.2 Å². The first kappa shape index (κ1) is 19.0. The molecule has 1 aliphatic heterocycles. The number of aliphatic imine (C=N–C) groups is 1. The van der Waals surface area contributed by atoms with Crippen LogP contribution in [0.3, 0.4) is 0 Å². The van der Waals surface area contributed by atoms with Gasteiger partial charge in [0.15, 0.2) is 17.5 Å². The van der Waals surface area contributed by atoms with Crippen molar-refractivity contribution in [1.29, 1.82) is 0 Å². The summed E-state index contributed by atoms with van der Waals surface area (Å²) in [6, 6.07) is 14.3. The van der Waals surface area contributed by atoms with Gasteiger partial charge in [0.1, 0.15) is 0 Å². The van der Waals surface area contributed by atoms with Crippen LogP contribution in [0, 0.1) is 0 Å². The van der Waals surface area contributed by atoms with Crippen LogP contribution in [-0.2, 0) is 13.1 Å². The summed E-state index contributed by atoms with van der Waals surface area (Å²) in [4.78, 5) is 6.50. The third kappa shape index (κ3) is 5.37. The third-order valence-electron chi connectivity index (χ3n) is 4.29. The van der Waals surface area contributed by atoms with Crippen LogP contribution in [0.2, 0.25) is 0 Å². The lowest BCUT2D eigenvalue weighted by atomic mass is 10.1. The van der Waals surface area contributed by atoms with E-state index in [-0.39, 0.29) is 0 Å². The Hall–Kier alpha value is -2.73. The number of rotatable bonds is 5. The number of nitrogens with zero attached hydrogens (tertiary/aromatic N) is 2. The highest BCUT2D eigenvalue weighted by Crippen LogP contribution is 2.32. The van der Waals surface area contributed by atoms with Crippen LogP contribution in [-0.4, -0.2) is 45.2 Å². The molecule has 0 atom stereocenters. The van der Waals surface area contributed by atoms with E-state index in [9.17, 15) is 0 Å². The predicted octanol–water partition coefficient (Wildman–Crippen LogP) is 3.10. The molecule has 0 saturated heterocycles. The maximum atomic E-state index is 5.76. The molecule has 2 aromatic rings. The Labute approximate surface area is 161 Å². The number of ether oxygens (including phenoxy) is 2. The summed E-state index contributed by atoms with van der Waals surface area (Å²) in [6.07, 6.45) is 0.896. The van der Waals surface area contributed by atoms with Gasteiger partial charge in [-0.05, 0) is 37.4 Å². The Morgan fingerprint density at radius 2 is 1.78 bits per heavy atom. The van der Waals surface area contributed by atoms with Gasteiger partial charge in [0, 0.05) is 38.3 Å². The van der Waals surface area contributed by atoms with Gasteiger partial charge in [-0.3, -0.25) is 4.99 Å². The molecule has 0 saturated carbocycles. The number of hydrogen-bond donors (Lipinski definition) is 2. The quantitative estimate of drug-likeness (QED) is 0.627. The molecule has 0 aromatic heterocycles. The van der Waals surface area contributed by atoms with E-state index in [0.29, 0.717) is 25.7 Å². The van der Waals surface area contributed by atoms with Crippen molar-refractivity contribution in [3.63, 3.8) is 0 Å². The summed E-state index contributed by atoms with van der Waals surface area (Å²) in [5, 5.41) is 6.71. The maximum absolute atomic E-state index is 5.76. The smallest absolute Gasteiger partial charge is 0.195 e. The summed E-state index contributed by atoms with van der Waals surface area (Å²) in [5.41, 5.74) is 3.47. The molecule has 1 aliphatic rings. The number of anilines is 1. The second-order valence-electron chi connectivity index (χ2n) is 6.77. The molecule has 0 amide bonds. The number of fused-ring (bicyclic) bond motifs is 1. The van der Waals surface area contributed by atoms with E-state index in [4.69, 9.17) is 9.47 Å². The molecule has 0 spiro atoms. The standard InChI is InChI=1S/C21H28N4O2/c1-22-21(23-14-16-7-4-5-8-17(16)15-25(2)3)24-18-9-10-19-20(13-18)27-12-6-11-26-19/h4-5,7-10,13H,6,11-12,14-15H2,1-3H3,(H2,22,23,24). The first-order chi connectivity index (χ1) is 13.2. The molecule has 6 heteroatoms. The Bertz CT molecular complexity index is 790. The topological polar surface area (TPSA) is 58.1 Å². The van der Waals surface area contributed by atoms with E-state index >= 15 is 0 Å². The van der Waals surface area contributed by atoms with Crippen LogP contribution >= 0.6 is 0 Å². The van der Waals surface area contributed by atoms with Crippen LogP contribution in [0.4, 0.5) is 5.69 Å². The van der Waals surface area contributed by atoms with Gasteiger partial charge in [0.25, 0.3) is 0 Å². The van der Waals surface area contributed by atoms with Gasteiger partial charge >= 0.3 is 0 Å². The molecule has 2 N–H and O–H groups in total. The monoisotopic (exact) mass is 368 g/mol. The first-order valence-corrected chi connectivity index (χ1v) is 9.24. The highest BCUT2D eigenvalue weighted by atomic mass is 16.5. The fourth-order valence-electron chi connectivity index (χ4n) is 2.96. The fraction of sp³-hybridized carbons (Fsp3) is 0.381. The summed E-state index contributed by atoms with van der Waals surface area (Å²) in [5.74, 6) is 2.27. The fourth-order valence-corrected chi connectivity index (χ4v) is 2.96. The molecule has 0 fully saturated rings. The molecular weight excluding hydrogens is 340 g/mol. The first-order valence-electron chi connectivity index (χ1n) is 9.24. The molecule has 1 heterocycles. The van der Waals surface area contributed by atoms with Gasteiger partial charge in [0.2, 0.25) is 0 Å². The Morgan fingerprint density at radius 3 is 2.52 bits per heavy atom. The van der Waals surface area contributed by atoms with Gasteiger partial charge in [-0.25, -0.2) is 0 Å². The lowest BCUT2D eigenvalue weighted by Crippen LogP contribution is -2.30. The highest BCUT2D eigenvalue weighted by molar-refractivity contribution is 5.93. The normalized spacial score (nSPS) is 14.0. The Balaban J connectivity index is 1.65. The van der Waals surface area contributed by atoms with Crippen molar-refractivity contribution in [2.24, 2.45) is 4.99 Å².